The van der Waals surface area contributed by atoms with Gasteiger partial charge in [0, 0.05) is 23.6 Å². The number of carbonyl (C=O) groups is 1. The lowest BCUT2D eigenvalue weighted by Crippen LogP contribution is -2.47. The fraction of sp³-hybridized carbons (Fsp3) is 0.200. The molecule has 21 heavy (non-hydrogen) atoms. The van der Waals surface area contributed by atoms with Gasteiger partial charge in [-0.05, 0) is 30.8 Å². The Morgan fingerprint density at radius 1 is 1.33 bits per heavy atom. The van der Waals surface area contributed by atoms with Crippen LogP contribution in [-0.2, 0) is 11.2 Å². The molecule has 6 heteroatoms. The lowest BCUT2D eigenvalue weighted by Gasteiger charge is -2.11. The fourth-order valence-corrected chi connectivity index (χ4v) is 2.02. The second-order valence-electron chi connectivity index (χ2n) is 4.85. The van der Waals surface area contributed by atoms with E-state index in [1.807, 2.05) is 37.4 Å². The highest BCUT2D eigenvalue weighted by atomic mass is 32.1. The van der Waals surface area contributed by atoms with E-state index in [2.05, 4.69) is 27.7 Å². The number of carbonyl (C=O) groups excluding carboxylic acids is 1. The second-order valence-corrected chi connectivity index (χ2v) is 5.26. The number of nitrogens with one attached hydrogen (secondary N) is 4. The first kappa shape index (κ1) is 15.1. The van der Waals surface area contributed by atoms with Gasteiger partial charge in [-0.25, -0.2) is 0 Å². The Labute approximate surface area is 128 Å². The molecular weight excluding hydrogens is 284 g/mol. The van der Waals surface area contributed by atoms with E-state index in [0.29, 0.717) is 11.7 Å². The molecule has 0 radical (unpaired) electrons. The van der Waals surface area contributed by atoms with Crippen LogP contribution in [0.15, 0.2) is 42.6 Å². The van der Waals surface area contributed by atoms with Crippen LogP contribution in [0.3, 0.4) is 0 Å². The first-order chi connectivity index (χ1) is 10.1. The van der Waals surface area contributed by atoms with Gasteiger partial charge >= 0.3 is 0 Å². The molecule has 0 saturated heterocycles. The molecule has 1 amide bonds. The van der Waals surface area contributed by atoms with Crippen molar-refractivity contribution in [3.05, 3.63) is 48.2 Å². The van der Waals surface area contributed by atoms with Crippen molar-refractivity contribution < 1.29 is 4.79 Å². The molecule has 110 valence electrons. The minimum absolute atomic E-state index is 0.153. The minimum atomic E-state index is -0.153. The van der Waals surface area contributed by atoms with Gasteiger partial charge in [-0.3, -0.25) is 15.6 Å². The van der Waals surface area contributed by atoms with Crippen molar-refractivity contribution in [1.82, 2.24) is 21.2 Å². The molecular formula is C15H18N4OS. The van der Waals surface area contributed by atoms with Crippen molar-refractivity contribution in [3.63, 3.8) is 0 Å². The Morgan fingerprint density at radius 2 is 2.10 bits per heavy atom. The van der Waals surface area contributed by atoms with Crippen LogP contribution in [-0.4, -0.2) is 22.5 Å². The van der Waals surface area contributed by atoms with Crippen LogP contribution in [0.25, 0.3) is 10.9 Å². The SMILES string of the molecule is C=C(C)CNC(=S)NNC(=O)Cc1c[nH]c2ccccc12. The van der Waals surface area contributed by atoms with E-state index >= 15 is 0 Å². The number of aromatic amines is 1. The van der Waals surface area contributed by atoms with Gasteiger partial charge in [0.1, 0.15) is 0 Å². The topological polar surface area (TPSA) is 68.9 Å². The third-order valence-electron chi connectivity index (χ3n) is 2.89. The number of amides is 1. The molecule has 1 aromatic carbocycles. The molecule has 0 atom stereocenters. The highest BCUT2D eigenvalue weighted by Gasteiger charge is 2.08. The average molecular weight is 302 g/mol. The maximum absolute atomic E-state index is 11.9. The van der Waals surface area contributed by atoms with Crippen molar-refractivity contribution in [3.8, 4) is 0 Å². The van der Waals surface area contributed by atoms with E-state index < -0.39 is 0 Å². The highest BCUT2D eigenvalue weighted by molar-refractivity contribution is 7.80. The van der Waals surface area contributed by atoms with E-state index in [1.54, 1.807) is 0 Å². The Hall–Kier alpha value is -2.34. The van der Waals surface area contributed by atoms with Crippen LogP contribution in [0, 0.1) is 0 Å². The van der Waals surface area contributed by atoms with Gasteiger partial charge in [0.2, 0.25) is 5.91 Å². The van der Waals surface area contributed by atoms with Crippen molar-refractivity contribution in [2.45, 2.75) is 13.3 Å². The standard InChI is InChI=1S/C15H18N4OS/c1-10(2)8-17-15(21)19-18-14(20)7-11-9-16-13-6-4-3-5-12(11)13/h3-6,9,16H,1,7-8H2,2H3,(H,18,20)(H2,17,19,21). The predicted molar refractivity (Wildman–Crippen MR) is 88.7 cm³/mol. The molecule has 0 spiro atoms. The Kier molecular flexibility index (Phi) is 4.94. The van der Waals surface area contributed by atoms with E-state index in [4.69, 9.17) is 12.2 Å². The molecule has 4 N–H and O–H groups in total. The molecule has 0 bridgehead atoms. The number of hydrogen-bond acceptors (Lipinski definition) is 2. The molecule has 0 fully saturated rings. The van der Waals surface area contributed by atoms with Gasteiger partial charge < -0.3 is 10.3 Å². The second kappa shape index (κ2) is 6.90. The van der Waals surface area contributed by atoms with Crippen molar-refractivity contribution in [2.75, 3.05) is 6.54 Å². The van der Waals surface area contributed by atoms with E-state index in [1.165, 1.54) is 0 Å². The quantitative estimate of drug-likeness (QED) is 0.395. The fourth-order valence-electron chi connectivity index (χ4n) is 1.90. The number of para-hydroxylation sites is 1. The molecule has 1 heterocycles. The largest absolute Gasteiger partial charge is 0.361 e. The summed E-state index contributed by atoms with van der Waals surface area (Å²) in [6, 6.07) is 7.87. The average Bonchev–Trinajstić information content (AvgIpc) is 2.86. The number of rotatable bonds is 4. The molecule has 0 aliphatic carbocycles. The highest BCUT2D eigenvalue weighted by Crippen LogP contribution is 2.17. The number of hydrogen-bond donors (Lipinski definition) is 4. The van der Waals surface area contributed by atoms with Crippen molar-refractivity contribution in [2.24, 2.45) is 0 Å². The lowest BCUT2D eigenvalue weighted by atomic mass is 10.1. The first-order valence-corrected chi connectivity index (χ1v) is 6.99. The summed E-state index contributed by atoms with van der Waals surface area (Å²) in [5, 5.41) is 4.34. The summed E-state index contributed by atoms with van der Waals surface area (Å²) in [7, 11) is 0. The summed E-state index contributed by atoms with van der Waals surface area (Å²) in [5.74, 6) is -0.153. The minimum Gasteiger partial charge on any atom is -0.361 e. The number of aromatic nitrogens is 1. The van der Waals surface area contributed by atoms with Crippen LogP contribution >= 0.6 is 12.2 Å². The van der Waals surface area contributed by atoms with Gasteiger partial charge in [-0.15, -0.1) is 0 Å². The maximum atomic E-state index is 11.9. The van der Waals surface area contributed by atoms with Crippen LogP contribution < -0.4 is 16.2 Å². The van der Waals surface area contributed by atoms with Crippen LogP contribution in [0.5, 0.6) is 0 Å². The Balaban J connectivity index is 1.85. The van der Waals surface area contributed by atoms with Gasteiger partial charge in [0.05, 0.1) is 6.42 Å². The first-order valence-electron chi connectivity index (χ1n) is 6.58. The maximum Gasteiger partial charge on any atom is 0.242 e. The molecule has 0 aliphatic rings. The van der Waals surface area contributed by atoms with Crippen LogP contribution in [0.2, 0.25) is 0 Å². The summed E-state index contributed by atoms with van der Waals surface area (Å²) in [5.41, 5.74) is 8.17. The van der Waals surface area contributed by atoms with Gasteiger partial charge in [0.15, 0.2) is 5.11 Å². The molecule has 1 aromatic heterocycles. The van der Waals surface area contributed by atoms with Gasteiger partial charge in [-0.1, -0.05) is 30.4 Å². The Morgan fingerprint density at radius 3 is 2.86 bits per heavy atom. The summed E-state index contributed by atoms with van der Waals surface area (Å²) < 4.78 is 0. The Bertz CT molecular complexity index is 677. The van der Waals surface area contributed by atoms with Gasteiger partial charge in [-0.2, -0.15) is 0 Å². The monoisotopic (exact) mass is 302 g/mol. The summed E-state index contributed by atoms with van der Waals surface area (Å²) in [6.45, 7) is 6.23. The summed E-state index contributed by atoms with van der Waals surface area (Å²) >= 11 is 5.03. The van der Waals surface area contributed by atoms with Crippen molar-refractivity contribution in [1.29, 1.82) is 0 Å². The van der Waals surface area contributed by atoms with Crippen LogP contribution in [0.1, 0.15) is 12.5 Å². The molecule has 2 rings (SSSR count). The van der Waals surface area contributed by atoms with Crippen molar-refractivity contribution >= 4 is 34.1 Å². The zero-order chi connectivity index (χ0) is 15.2. The number of fused-ring (bicyclic) bond motifs is 1. The molecule has 0 saturated carbocycles. The summed E-state index contributed by atoms with van der Waals surface area (Å²) in [6.07, 6.45) is 2.13. The molecule has 5 nitrogen and oxygen atoms in total. The number of thiocarbonyl (C=S) groups is 1. The smallest absolute Gasteiger partial charge is 0.242 e. The summed E-state index contributed by atoms with van der Waals surface area (Å²) in [4.78, 5) is 15.0. The van der Waals surface area contributed by atoms with E-state index in [-0.39, 0.29) is 12.3 Å². The third-order valence-corrected chi connectivity index (χ3v) is 3.14. The molecule has 2 aromatic rings. The van der Waals surface area contributed by atoms with E-state index in [0.717, 1.165) is 22.0 Å². The number of benzene rings is 1. The zero-order valence-corrected chi connectivity index (χ0v) is 12.6. The lowest BCUT2D eigenvalue weighted by molar-refractivity contribution is -0.120. The third kappa shape index (κ3) is 4.32. The number of hydrazine groups is 1. The normalized spacial score (nSPS) is 10.1. The molecule has 0 unspecified atom stereocenters. The van der Waals surface area contributed by atoms with Crippen LogP contribution in [0.4, 0.5) is 0 Å². The van der Waals surface area contributed by atoms with Gasteiger partial charge in [0.25, 0.3) is 0 Å². The molecule has 0 aliphatic heterocycles. The number of H-pyrrole nitrogens is 1. The zero-order valence-electron chi connectivity index (χ0n) is 11.8. The predicted octanol–water partition coefficient (Wildman–Crippen LogP) is 1.78. The van der Waals surface area contributed by atoms with E-state index in [9.17, 15) is 4.79 Å².